The number of cyclic esters (lactones) is 1. The molecule has 4 rings (SSSR count). The molecule has 5 nitrogen and oxygen atoms in total. The normalized spacial score (nSPS) is 24.2. The lowest BCUT2D eigenvalue weighted by Gasteiger charge is -2.35. The Bertz CT molecular complexity index is 855. The first-order valence-electron chi connectivity index (χ1n) is 10.1. The molecule has 1 unspecified atom stereocenters. The molecule has 1 aromatic carbocycles. The van der Waals surface area contributed by atoms with Gasteiger partial charge in [0, 0.05) is 18.1 Å². The monoisotopic (exact) mass is 378 g/mol. The molecule has 1 atom stereocenters. The molecule has 1 saturated carbocycles. The van der Waals surface area contributed by atoms with Crippen LogP contribution in [0.15, 0.2) is 43.0 Å². The van der Waals surface area contributed by atoms with Crippen molar-refractivity contribution in [2.24, 2.45) is 11.8 Å². The van der Waals surface area contributed by atoms with Gasteiger partial charge in [-0.2, -0.15) is 0 Å². The lowest BCUT2D eigenvalue weighted by atomic mass is 9.77. The van der Waals surface area contributed by atoms with Gasteiger partial charge in [0.15, 0.2) is 0 Å². The number of benzene rings is 1. The molecule has 1 fully saturated rings. The van der Waals surface area contributed by atoms with Gasteiger partial charge in [0.1, 0.15) is 6.10 Å². The Labute approximate surface area is 165 Å². The smallest absolute Gasteiger partial charge is 0.338 e. The van der Waals surface area contributed by atoms with Crippen LogP contribution in [-0.2, 0) is 11.2 Å². The maximum Gasteiger partial charge on any atom is 0.338 e. The summed E-state index contributed by atoms with van der Waals surface area (Å²) in [7, 11) is 0. The standard InChI is InChI=1S/C23H26N2O3/c1-3-15-5-7-16(8-6-15)21-14-17-9-10-18(13-19(17)23(26)28-21)20-11-12-22(25-24-20)27-4-2/h3,9-13,15-16,21H,1,4-8,14H2,2H3. The molecule has 0 amide bonds. The van der Waals surface area contributed by atoms with Gasteiger partial charge < -0.3 is 9.47 Å². The Morgan fingerprint density at radius 3 is 2.68 bits per heavy atom. The zero-order valence-electron chi connectivity index (χ0n) is 16.3. The van der Waals surface area contributed by atoms with Crippen LogP contribution in [0.25, 0.3) is 11.3 Å². The first-order chi connectivity index (χ1) is 13.7. The maximum absolute atomic E-state index is 12.7. The fourth-order valence-corrected chi connectivity index (χ4v) is 4.28. The number of ether oxygens (including phenoxy) is 2. The fraction of sp³-hybridized carbons (Fsp3) is 0.435. The van der Waals surface area contributed by atoms with Crippen LogP contribution in [0, 0.1) is 11.8 Å². The maximum atomic E-state index is 12.7. The number of carbonyl (C=O) groups is 1. The molecule has 1 aliphatic heterocycles. The average Bonchev–Trinajstić information content (AvgIpc) is 2.74. The van der Waals surface area contributed by atoms with Gasteiger partial charge in [-0.3, -0.25) is 0 Å². The van der Waals surface area contributed by atoms with Crippen molar-refractivity contribution in [3.8, 4) is 17.1 Å². The predicted octanol–water partition coefficient (Wildman–Crippen LogP) is 4.62. The number of hydrogen-bond acceptors (Lipinski definition) is 5. The SMILES string of the molecule is C=CC1CCC(C2Cc3ccc(-c4ccc(OCC)nn4)cc3C(=O)O2)CC1. The molecule has 2 aliphatic rings. The topological polar surface area (TPSA) is 61.3 Å². The van der Waals surface area contributed by atoms with Gasteiger partial charge in [-0.25, -0.2) is 4.79 Å². The largest absolute Gasteiger partial charge is 0.477 e. The minimum Gasteiger partial charge on any atom is -0.477 e. The molecule has 0 spiro atoms. The Hall–Kier alpha value is -2.69. The van der Waals surface area contributed by atoms with Crippen molar-refractivity contribution in [2.75, 3.05) is 6.61 Å². The van der Waals surface area contributed by atoms with Crippen LogP contribution in [0.3, 0.4) is 0 Å². The second-order valence-electron chi connectivity index (χ2n) is 7.62. The number of aromatic nitrogens is 2. The molecular weight excluding hydrogens is 352 g/mol. The van der Waals surface area contributed by atoms with Crippen LogP contribution in [0.5, 0.6) is 5.88 Å². The van der Waals surface area contributed by atoms with E-state index < -0.39 is 0 Å². The van der Waals surface area contributed by atoms with Crippen LogP contribution in [0.2, 0.25) is 0 Å². The van der Waals surface area contributed by atoms with E-state index in [-0.39, 0.29) is 12.1 Å². The van der Waals surface area contributed by atoms with Gasteiger partial charge in [-0.15, -0.1) is 16.8 Å². The lowest BCUT2D eigenvalue weighted by Crippen LogP contribution is -2.35. The Balaban J connectivity index is 1.50. The second kappa shape index (κ2) is 8.13. The summed E-state index contributed by atoms with van der Waals surface area (Å²) in [4.78, 5) is 12.7. The van der Waals surface area contributed by atoms with Crippen LogP contribution in [0.1, 0.15) is 48.5 Å². The van der Waals surface area contributed by atoms with Crippen molar-refractivity contribution >= 4 is 5.97 Å². The van der Waals surface area contributed by atoms with E-state index in [0.717, 1.165) is 43.2 Å². The molecule has 0 saturated heterocycles. The summed E-state index contributed by atoms with van der Waals surface area (Å²) >= 11 is 0. The lowest BCUT2D eigenvalue weighted by molar-refractivity contribution is 0.00116. The number of fused-ring (bicyclic) bond motifs is 1. The van der Waals surface area contributed by atoms with Gasteiger partial charge in [0.2, 0.25) is 5.88 Å². The molecule has 0 bridgehead atoms. The van der Waals surface area contributed by atoms with Gasteiger partial charge >= 0.3 is 5.97 Å². The van der Waals surface area contributed by atoms with Crippen LogP contribution < -0.4 is 4.74 Å². The van der Waals surface area contributed by atoms with Gasteiger partial charge in [0.25, 0.3) is 0 Å². The molecule has 2 heterocycles. The van der Waals surface area contributed by atoms with Crippen molar-refractivity contribution in [2.45, 2.75) is 45.1 Å². The fourth-order valence-electron chi connectivity index (χ4n) is 4.28. The van der Waals surface area contributed by atoms with E-state index in [4.69, 9.17) is 9.47 Å². The highest BCUT2D eigenvalue weighted by Gasteiger charge is 2.34. The zero-order valence-corrected chi connectivity index (χ0v) is 16.3. The second-order valence-corrected chi connectivity index (χ2v) is 7.62. The molecule has 5 heteroatoms. The molecule has 0 radical (unpaired) electrons. The Kier molecular flexibility index (Phi) is 5.42. The van der Waals surface area contributed by atoms with Gasteiger partial charge in [-0.05, 0) is 62.1 Å². The van der Waals surface area contributed by atoms with E-state index in [0.29, 0.717) is 35.6 Å². The number of nitrogens with zero attached hydrogens (tertiary/aromatic N) is 2. The molecule has 146 valence electrons. The average molecular weight is 378 g/mol. The molecule has 28 heavy (non-hydrogen) atoms. The third kappa shape index (κ3) is 3.79. The summed E-state index contributed by atoms with van der Waals surface area (Å²) < 4.78 is 11.2. The summed E-state index contributed by atoms with van der Waals surface area (Å²) in [6.45, 7) is 6.37. The van der Waals surface area contributed by atoms with Crippen LogP contribution in [-0.4, -0.2) is 28.9 Å². The van der Waals surface area contributed by atoms with Crippen molar-refractivity contribution in [3.63, 3.8) is 0 Å². The minimum absolute atomic E-state index is 0.0121. The van der Waals surface area contributed by atoms with E-state index in [2.05, 4.69) is 22.9 Å². The van der Waals surface area contributed by atoms with E-state index in [1.54, 1.807) is 6.07 Å². The quantitative estimate of drug-likeness (QED) is 0.561. The third-order valence-corrected chi connectivity index (χ3v) is 5.91. The number of esters is 1. The van der Waals surface area contributed by atoms with Crippen molar-refractivity contribution in [3.05, 3.63) is 54.1 Å². The first kappa shape index (κ1) is 18.7. The van der Waals surface area contributed by atoms with Crippen molar-refractivity contribution in [1.29, 1.82) is 0 Å². The predicted molar refractivity (Wildman–Crippen MR) is 107 cm³/mol. The van der Waals surface area contributed by atoms with E-state index in [1.165, 1.54) is 0 Å². The first-order valence-corrected chi connectivity index (χ1v) is 10.1. The summed E-state index contributed by atoms with van der Waals surface area (Å²) in [5, 5.41) is 8.28. The van der Waals surface area contributed by atoms with Crippen LogP contribution in [0.4, 0.5) is 0 Å². The van der Waals surface area contributed by atoms with Crippen molar-refractivity contribution in [1.82, 2.24) is 10.2 Å². The van der Waals surface area contributed by atoms with E-state index >= 15 is 0 Å². The van der Waals surface area contributed by atoms with E-state index in [9.17, 15) is 4.79 Å². The number of rotatable bonds is 5. The van der Waals surface area contributed by atoms with Gasteiger partial charge in [-0.1, -0.05) is 18.2 Å². The molecule has 2 aromatic rings. The number of carbonyl (C=O) groups excluding carboxylic acids is 1. The number of allylic oxidation sites excluding steroid dienone is 1. The Morgan fingerprint density at radius 1 is 1.18 bits per heavy atom. The minimum atomic E-state index is -0.224. The number of hydrogen-bond donors (Lipinski definition) is 0. The summed E-state index contributed by atoms with van der Waals surface area (Å²) in [6, 6.07) is 9.56. The molecule has 1 aliphatic carbocycles. The van der Waals surface area contributed by atoms with Crippen molar-refractivity contribution < 1.29 is 14.3 Å². The van der Waals surface area contributed by atoms with Crippen LogP contribution >= 0.6 is 0 Å². The highest BCUT2D eigenvalue weighted by Crippen LogP contribution is 2.36. The molecule has 1 aromatic heterocycles. The Morgan fingerprint density at radius 2 is 2.00 bits per heavy atom. The summed E-state index contributed by atoms with van der Waals surface area (Å²) in [5.74, 6) is 1.33. The zero-order chi connectivity index (χ0) is 19.5. The highest BCUT2D eigenvalue weighted by molar-refractivity contribution is 5.93. The molecular formula is C23H26N2O3. The van der Waals surface area contributed by atoms with E-state index in [1.807, 2.05) is 31.2 Å². The highest BCUT2D eigenvalue weighted by atomic mass is 16.5. The summed E-state index contributed by atoms with van der Waals surface area (Å²) in [6.07, 6.45) is 7.33. The molecule has 0 N–H and O–H groups in total. The van der Waals surface area contributed by atoms with Gasteiger partial charge in [0.05, 0.1) is 17.9 Å². The third-order valence-electron chi connectivity index (χ3n) is 5.91. The summed E-state index contributed by atoms with van der Waals surface area (Å²) in [5.41, 5.74) is 3.28.